The molecular formula is C31H36N4O3S. The maximum absolute atomic E-state index is 12.8. The van der Waals surface area contributed by atoms with Crippen LogP contribution in [0.1, 0.15) is 29.5 Å². The number of hydrogen-bond donors (Lipinski definition) is 0. The van der Waals surface area contributed by atoms with Gasteiger partial charge in [0, 0.05) is 37.0 Å². The Balaban J connectivity index is 1.35. The topological polar surface area (TPSA) is 69.5 Å². The molecule has 1 aromatic heterocycles. The summed E-state index contributed by atoms with van der Waals surface area (Å²) in [5.74, 6) is 3.12. The predicted molar refractivity (Wildman–Crippen MR) is 157 cm³/mol. The number of benzene rings is 3. The fourth-order valence-electron chi connectivity index (χ4n) is 4.21. The molecule has 204 valence electrons. The average Bonchev–Trinajstić information content (AvgIpc) is 3.38. The zero-order valence-corrected chi connectivity index (χ0v) is 24.1. The van der Waals surface area contributed by atoms with Gasteiger partial charge in [0.1, 0.15) is 0 Å². The smallest absolute Gasteiger partial charge is 0.222 e. The van der Waals surface area contributed by atoms with E-state index in [-0.39, 0.29) is 5.91 Å². The van der Waals surface area contributed by atoms with Crippen LogP contribution in [0.3, 0.4) is 0 Å². The van der Waals surface area contributed by atoms with E-state index in [0.717, 1.165) is 46.4 Å². The van der Waals surface area contributed by atoms with E-state index in [0.29, 0.717) is 24.5 Å². The number of aromatic nitrogens is 3. The van der Waals surface area contributed by atoms with E-state index < -0.39 is 0 Å². The van der Waals surface area contributed by atoms with Gasteiger partial charge in [-0.15, -0.1) is 10.2 Å². The van der Waals surface area contributed by atoms with Crippen molar-refractivity contribution < 1.29 is 14.3 Å². The first kappa shape index (κ1) is 28.2. The lowest BCUT2D eigenvalue weighted by atomic mass is 10.1. The number of carbonyl (C=O) groups is 1. The largest absolute Gasteiger partial charge is 0.493 e. The number of carbonyl (C=O) groups excluding carboxylic acids is 1. The summed E-state index contributed by atoms with van der Waals surface area (Å²) in [5, 5.41) is 9.87. The number of rotatable bonds is 12. The molecule has 0 aliphatic carbocycles. The van der Waals surface area contributed by atoms with Crippen LogP contribution in [0.5, 0.6) is 11.5 Å². The molecule has 8 heteroatoms. The lowest BCUT2D eigenvalue weighted by Gasteiger charge is -2.18. The fourth-order valence-corrected chi connectivity index (χ4v) is 5.11. The first-order valence-corrected chi connectivity index (χ1v) is 14.1. The summed E-state index contributed by atoms with van der Waals surface area (Å²) in [5.41, 5.74) is 5.55. The van der Waals surface area contributed by atoms with Gasteiger partial charge in [0.25, 0.3) is 0 Å². The van der Waals surface area contributed by atoms with Crippen molar-refractivity contribution in [3.05, 3.63) is 83.4 Å². The van der Waals surface area contributed by atoms with Crippen LogP contribution in [0.15, 0.2) is 71.9 Å². The van der Waals surface area contributed by atoms with Crippen molar-refractivity contribution in [2.24, 2.45) is 0 Å². The lowest BCUT2D eigenvalue weighted by molar-refractivity contribution is -0.129. The minimum Gasteiger partial charge on any atom is -0.493 e. The minimum atomic E-state index is 0.136. The van der Waals surface area contributed by atoms with Crippen molar-refractivity contribution in [2.45, 2.75) is 38.3 Å². The Bertz CT molecular complexity index is 1380. The molecule has 0 atom stereocenters. The summed E-state index contributed by atoms with van der Waals surface area (Å²) in [7, 11) is 5.11. The van der Waals surface area contributed by atoms with Gasteiger partial charge in [-0.05, 0) is 56.5 Å². The van der Waals surface area contributed by atoms with Crippen molar-refractivity contribution in [3.63, 3.8) is 0 Å². The van der Waals surface area contributed by atoms with E-state index in [9.17, 15) is 4.79 Å². The second kappa shape index (κ2) is 13.3. The van der Waals surface area contributed by atoms with Gasteiger partial charge in [0.2, 0.25) is 5.91 Å². The Morgan fingerprint density at radius 2 is 1.56 bits per heavy atom. The van der Waals surface area contributed by atoms with E-state index in [4.69, 9.17) is 9.47 Å². The molecule has 3 aromatic carbocycles. The molecule has 0 spiro atoms. The third-order valence-electron chi connectivity index (χ3n) is 6.61. The van der Waals surface area contributed by atoms with Crippen LogP contribution in [-0.4, -0.2) is 59.1 Å². The third kappa shape index (κ3) is 7.20. The molecule has 39 heavy (non-hydrogen) atoms. The molecule has 7 nitrogen and oxygen atoms in total. The van der Waals surface area contributed by atoms with Gasteiger partial charge in [-0.2, -0.15) is 0 Å². The van der Waals surface area contributed by atoms with Crippen molar-refractivity contribution in [1.82, 2.24) is 19.7 Å². The molecule has 0 aliphatic rings. The molecule has 4 aromatic rings. The molecule has 0 aliphatic heterocycles. The van der Waals surface area contributed by atoms with Crippen LogP contribution in [0.2, 0.25) is 0 Å². The zero-order valence-electron chi connectivity index (χ0n) is 23.3. The number of nitrogens with zero attached hydrogens (tertiary/aromatic N) is 4. The maximum atomic E-state index is 12.8. The van der Waals surface area contributed by atoms with Crippen LogP contribution in [-0.2, 0) is 11.2 Å². The first-order valence-electron chi connectivity index (χ1n) is 13.1. The maximum Gasteiger partial charge on any atom is 0.222 e. The van der Waals surface area contributed by atoms with Crippen molar-refractivity contribution in [2.75, 3.05) is 33.6 Å². The second-order valence-electron chi connectivity index (χ2n) is 9.55. The van der Waals surface area contributed by atoms with Gasteiger partial charge >= 0.3 is 0 Å². The van der Waals surface area contributed by atoms with Gasteiger partial charge < -0.3 is 14.4 Å². The first-order chi connectivity index (χ1) is 18.9. The number of ether oxygens (including phenoxy) is 2. The number of methoxy groups -OCH3 is 2. The minimum absolute atomic E-state index is 0.136. The summed E-state index contributed by atoms with van der Waals surface area (Å²) < 4.78 is 12.8. The summed E-state index contributed by atoms with van der Waals surface area (Å²) in [6, 6.07) is 22.6. The molecule has 0 N–H and O–H groups in total. The number of amides is 1. The highest BCUT2D eigenvalue weighted by Gasteiger charge is 2.17. The Hall–Kier alpha value is -3.78. The Kier molecular flexibility index (Phi) is 9.65. The number of hydrogen-bond acceptors (Lipinski definition) is 6. The molecular weight excluding hydrogens is 508 g/mol. The predicted octanol–water partition coefficient (Wildman–Crippen LogP) is 6.14. The highest BCUT2D eigenvalue weighted by atomic mass is 32.2. The van der Waals surface area contributed by atoms with E-state index in [1.54, 1.807) is 30.9 Å². The van der Waals surface area contributed by atoms with Gasteiger partial charge in [0.15, 0.2) is 22.5 Å². The zero-order chi connectivity index (χ0) is 27.8. The van der Waals surface area contributed by atoms with Gasteiger partial charge in [-0.25, -0.2) is 0 Å². The fraction of sp³-hybridized carbons (Fsp3) is 0.323. The molecule has 1 amide bonds. The Labute approximate surface area is 235 Å². The monoisotopic (exact) mass is 544 g/mol. The molecule has 0 saturated heterocycles. The molecule has 0 radical (unpaired) electrons. The highest BCUT2D eigenvalue weighted by molar-refractivity contribution is 7.99. The van der Waals surface area contributed by atoms with Crippen LogP contribution in [0.4, 0.5) is 0 Å². The quantitative estimate of drug-likeness (QED) is 0.158. The summed E-state index contributed by atoms with van der Waals surface area (Å²) in [6.07, 6.45) is 1.99. The lowest BCUT2D eigenvalue weighted by Crippen LogP contribution is -2.28. The van der Waals surface area contributed by atoms with Crippen LogP contribution in [0, 0.1) is 13.8 Å². The Morgan fingerprint density at radius 3 is 2.23 bits per heavy atom. The van der Waals surface area contributed by atoms with Crippen LogP contribution in [0.25, 0.3) is 17.1 Å². The molecule has 1 heterocycles. The van der Waals surface area contributed by atoms with Gasteiger partial charge in [0.05, 0.1) is 14.2 Å². The van der Waals surface area contributed by atoms with Crippen molar-refractivity contribution in [3.8, 4) is 28.6 Å². The summed E-state index contributed by atoms with van der Waals surface area (Å²) >= 11 is 1.63. The summed E-state index contributed by atoms with van der Waals surface area (Å²) in [4.78, 5) is 14.6. The SMILES string of the molecule is COc1ccc(CCN(C)C(=O)CCCSc2nnc(-c3ccc(C)cc3)n2-c2ccc(C)cc2)cc1OC. The number of thioether (sulfide) groups is 1. The number of aryl methyl sites for hydroxylation is 2. The standard InChI is InChI=1S/C31H36N4O3S/c1-22-8-13-25(14-9-22)30-32-33-31(35(30)26-15-10-23(2)11-16-26)39-20-6-7-29(36)34(3)19-18-24-12-17-27(37-4)28(21-24)38-5/h8-17,21H,6-7,18-20H2,1-5H3. The van der Waals surface area contributed by atoms with E-state index >= 15 is 0 Å². The molecule has 0 fully saturated rings. The normalized spacial score (nSPS) is 10.9. The Morgan fingerprint density at radius 1 is 0.897 bits per heavy atom. The van der Waals surface area contributed by atoms with Crippen molar-refractivity contribution in [1.29, 1.82) is 0 Å². The summed E-state index contributed by atoms with van der Waals surface area (Å²) in [6.45, 7) is 4.79. The van der Waals surface area contributed by atoms with Crippen LogP contribution >= 0.6 is 11.8 Å². The number of likely N-dealkylation sites (N-methyl/N-ethyl adjacent to an activating group) is 1. The van der Waals surface area contributed by atoms with Crippen LogP contribution < -0.4 is 9.47 Å². The van der Waals surface area contributed by atoms with Crippen molar-refractivity contribution >= 4 is 17.7 Å². The molecule has 0 bridgehead atoms. The van der Waals surface area contributed by atoms with E-state index in [2.05, 4.69) is 77.1 Å². The third-order valence-corrected chi connectivity index (χ3v) is 7.63. The molecule has 4 rings (SSSR count). The second-order valence-corrected chi connectivity index (χ2v) is 10.6. The average molecular weight is 545 g/mol. The highest BCUT2D eigenvalue weighted by Crippen LogP contribution is 2.29. The molecule has 0 saturated carbocycles. The molecule has 0 unspecified atom stereocenters. The van der Waals surface area contributed by atoms with Gasteiger partial charge in [-0.3, -0.25) is 9.36 Å². The van der Waals surface area contributed by atoms with E-state index in [1.807, 2.05) is 25.2 Å². The van der Waals surface area contributed by atoms with Gasteiger partial charge in [-0.1, -0.05) is 65.4 Å². The van der Waals surface area contributed by atoms with E-state index in [1.165, 1.54) is 11.1 Å².